The highest BCUT2D eigenvalue weighted by molar-refractivity contribution is 5.93. The second-order valence-electron chi connectivity index (χ2n) is 6.11. The number of pyridine rings is 1. The third kappa shape index (κ3) is 3.59. The molecule has 0 saturated heterocycles. The highest BCUT2D eigenvalue weighted by Gasteiger charge is 2.10. The Hall–Kier alpha value is -3.80. The van der Waals surface area contributed by atoms with E-state index in [4.69, 9.17) is 4.74 Å². The van der Waals surface area contributed by atoms with E-state index in [1.54, 1.807) is 0 Å². The number of fused-ring (bicyclic) bond motifs is 2. The molecule has 0 fully saturated rings. The second kappa shape index (κ2) is 6.84. The number of benzene rings is 3. The summed E-state index contributed by atoms with van der Waals surface area (Å²) in [6.45, 7) is 0. The van der Waals surface area contributed by atoms with Crippen LogP contribution < -0.4 is 4.74 Å². The first-order chi connectivity index (χ1) is 13.1. The number of hydrogen-bond donors (Lipinski definition) is 0. The maximum Gasteiger partial charge on any atom is 0.315 e. The van der Waals surface area contributed by atoms with Crippen molar-refractivity contribution >= 4 is 33.5 Å². The number of non-ortho nitro benzene ring substituents is 1. The van der Waals surface area contributed by atoms with Crippen molar-refractivity contribution in [3.8, 4) is 5.75 Å². The Morgan fingerprint density at radius 3 is 2.44 bits per heavy atom. The van der Waals surface area contributed by atoms with Crippen molar-refractivity contribution in [1.82, 2.24) is 4.98 Å². The number of para-hydroxylation sites is 1. The molecule has 6 nitrogen and oxygen atoms in total. The summed E-state index contributed by atoms with van der Waals surface area (Å²) < 4.78 is 5.26. The Bertz CT molecular complexity index is 1170. The predicted molar refractivity (Wildman–Crippen MR) is 102 cm³/mol. The molecule has 0 aliphatic heterocycles. The summed E-state index contributed by atoms with van der Waals surface area (Å²) >= 11 is 0. The number of carbonyl (C=O) groups excluding carboxylic acids is 1. The first kappa shape index (κ1) is 16.7. The van der Waals surface area contributed by atoms with Crippen LogP contribution in [0.2, 0.25) is 0 Å². The summed E-state index contributed by atoms with van der Waals surface area (Å²) in [6, 6.07) is 21.0. The van der Waals surface area contributed by atoms with Crippen LogP contribution in [0.1, 0.15) is 5.56 Å². The summed E-state index contributed by atoms with van der Waals surface area (Å²) in [7, 11) is 0. The van der Waals surface area contributed by atoms with Crippen LogP contribution in [-0.4, -0.2) is 15.9 Å². The fourth-order valence-corrected chi connectivity index (χ4v) is 2.91. The summed E-state index contributed by atoms with van der Waals surface area (Å²) in [4.78, 5) is 26.9. The van der Waals surface area contributed by atoms with E-state index in [0.29, 0.717) is 0 Å². The number of nitro groups is 1. The SMILES string of the molecule is O=C(Cc1ccc2nc3ccccc3cc2c1)Oc1ccc([N+](=O)[O-])cc1. The highest BCUT2D eigenvalue weighted by Crippen LogP contribution is 2.22. The van der Waals surface area contributed by atoms with Crippen LogP contribution in [0.25, 0.3) is 21.8 Å². The van der Waals surface area contributed by atoms with Crippen LogP contribution in [0.15, 0.2) is 72.8 Å². The van der Waals surface area contributed by atoms with Gasteiger partial charge in [0.2, 0.25) is 0 Å². The van der Waals surface area contributed by atoms with Gasteiger partial charge in [-0.2, -0.15) is 0 Å². The lowest BCUT2D eigenvalue weighted by molar-refractivity contribution is -0.384. The molecule has 132 valence electrons. The average molecular weight is 358 g/mol. The fourth-order valence-electron chi connectivity index (χ4n) is 2.91. The van der Waals surface area contributed by atoms with Crippen molar-refractivity contribution < 1.29 is 14.5 Å². The third-order valence-corrected chi connectivity index (χ3v) is 4.21. The standard InChI is InChI=1S/C21H14N2O4/c24-21(27-18-8-6-17(7-9-18)23(25)26)12-14-5-10-20-16(11-14)13-15-3-1-2-4-19(15)22-20/h1-11,13H,12H2. The molecule has 0 unspecified atom stereocenters. The van der Waals surface area contributed by atoms with Crippen LogP contribution in [0.3, 0.4) is 0 Å². The molecule has 0 saturated carbocycles. The molecular weight excluding hydrogens is 344 g/mol. The fraction of sp³-hybridized carbons (Fsp3) is 0.0476. The van der Waals surface area contributed by atoms with Crippen molar-refractivity contribution in [1.29, 1.82) is 0 Å². The van der Waals surface area contributed by atoms with E-state index in [0.717, 1.165) is 27.4 Å². The van der Waals surface area contributed by atoms with Gasteiger partial charge in [-0.1, -0.05) is 24.3 Å². The van der Waals surface area contributed by atoms with Gasteiger partial charge in [0.25, 0.3) is 5.69 Å². The lowest BCUT2D eigenvalue weighted by Crippen LogP contribution is -2.11. The van der Waals surface area contributed by atoms with Crippen molar-refractivity contribution in [3.05, 3.63) is 88.5 Å². The minimum Gasteiger partial charge on any atom is -0.426 e. The Morgan fingerprint density at radius 1 is 0.926 bits per heavy atom. The van der Waals surface area contributed by atoms with Crippen LogP contribution in [0.5, 0.6) is 5.75 Å². The minimum absolute atomic E-state index is 0.0518. The van der Waals surface area contributed by atoms with Crippen LogP contribution in [0, 0.1) is 10.1 Å². The second-order valence-corrected chi connectivity index (χ2v) is 6.11. The van der Waals surface area contributed by atoms with E-state index in [9.17, 15) is 14.9 Å². The molecular formula is C21H14N2O4. The predicted octanol–water partition coefficient (Wildman–Crippen LogP) is 4.44. The zero-order valence-corrected chi connectivity index (χ0v) is 14.2. The quantitative estimate of drug-likeness (QED) is 0.177. The number of nitrogens with zero attached hydrogens (tertiary/aromatic N) is 2. The van der Waals surface area contributed by atoms with Gasteiger partial charge in [-0.25, -0.2) is 4.98 Å². The molecule has 0 amide bonds. The summed E-state index contributed by atoms with van der Waals surface area (Å²) in [5.74, 6) is -0.156. The van der Waals surface area contributed by atoms with E-state index in [1.165, 1.54) is 24.3 Å². The summed E-state index contributed by atoms with van der Waals surface area (Å²) in [5.41, 5.74) is 2.55. The summed E-state index contributed by atoms with van der Waals surface area (Å²) in [5, 5.41) is 12.6. The summed E-state index contributed by atoms with van der Waals surface area (Å²) in [6.07, 6.45) is 0.0970. The molecule has 0 radical (unpaired) electrons. The first-order valence-electron chi connectivity index (χ1n) is 8.32. The molecule has 0 aliphatic rings. The van der Waals surface area contributed by atoms with Crippen molar-refractivity contribution in [3.63, 3.8) is 0 Å². The average Bonchev–Trinajstić information content (AvgIpc) is 2.66. The van der Waals surface area contributed by atoms with Gasteiger partial charge in [0.15, 0.2) is 0 Å². The molecule has 0 aliphatic carbocycles. The van der Waals surface area contributed by atoms with E-state index in [-0.39, 0.29) is 17.9 Å². The number of aromatic nitrogens is 1. The Kier molecular flexibility index (Phi) is 4.22. The molecule has 1 heterocycles. The van der Waals surface area contributed by atoms with E-state index in [1.807, 2.05) is 48.5 Å². The third-order valence-electron chi connectivity index (χ3n) is 4.21. The van der Waals surface area contributed by atoms with Gasteiger partial charge >= 0.3 is 5.97 Å². The Labute approximate surface area is 154 Å². The molecule has 4 rings (SSSR count). The van der Waals surface area contributed by atoms with E-state index < -0.39 is 10.9 Å². The molecule has 0 N–H and O–H groups in total. The van der Waals surface area contributed by atoms with Gasteiger partial charge in [-0.3, -0.25) is 14.9 Å². The molecule has 4 aromatic rings. The molecule has 1 aromatic heterocycles. The maximum absolute atomic E-state index is 12.2. The van der Waals surface area contributed by atoms with Crippen molar-refractivity contribution in [2.24, 2.45) is 0 Å². The number of hydrogen-bond acceptors (Lipinski definition) is 5. The minimum atomic E-state index is -0.502. The maximum atomic E-state index is 12.2. The molecule has 6 heteroatoms. The number of rotatable bonds is 4. The molecule has 0 spiro atoms. The highest BCUT2D eigenvalue weighted by atomic mass is 16.6. The number of ether oxygens (including phenoxy) is 1. The van der Waals surface area contributed by atoms with E-state index >= 15 is 0 Å². The monoisotopic (exact) mass is 358 g/mol. The van der Waals surface area contributed by atoms with Crippen molar-refractivity contribution in [2.75, 3.05) is 0 Å². The van der Waals surface area contributed by atoms with Gasteiger partial charge < -0.3 is 4.74 Å². The zero-order valence-electron chi connectivity index (χ0n) is 14.2. The normalized spacial score (nSPS) is 10.8. The van der Waals surface area contributed by atoms with Crippen LogP contribution in [0.4, 0.5) is 5.69 Å². The Balaban J connectivity index is 1.52. The lowest BCUT2D eigenvalue weighted by atomic mass is 10.1. The topological polar surface area (TPSA) is 82.3 Å². The van der Waals surface area contributed by atoms with Gasteiger partial charge in [-0.15, -0.1) is 0 Å². The number of esters is 1. The zero-order chi connectivity index (χ0) is 18.8. The largest absolute Gasteiger partial charge is 0.426 e. The van der Waals surface area contributed by atoms with Gasteiger partial charge in [0, 0.05) is 22.9 Å². The smallest absolute Gasteiger partial charge is 0.315 e. The Morgan fingerprint density at radius 2 is 1.67 bits per heavy atom. The molecule has 3 aromatic carbocycles. The number of nitro benzene ring substituents is 1. The molecule has 0 atom stereocenters. The van der Waals surface area contributed by atoms with Gasteiger partial charge in [-0.05, 0) is 42.0 Å². The van der Waals surface area contributed by atoms with Gasteiger partial charge in [0.05, 0.1) is 22.4 Å². The van der Waals surface area contributed by atoms with Crippen molar-refractivity contribution in [2.45, 2.75) is 6.42 Å². The van der Waals surface area contributed by atoms with E-state index in [2.05, 4.69) is 4.98 Å². The van der Waals surface area contributed by atoms with Crippen LogP contribution in [-0.2, 0) is 11.2 Å². The lowest BCUT2D eigenvalue weighted by Gasteiger charge is -2.06. The molecule has 27 heavy (non-hydrogen) atoms. The van der Waals surface area contributed by atoms with Gasteiger partial charge in [0.1, 0.15) is 5.75 Å². The molecule has 0 bridgehead atoms. The number of carbonyl (C=O) groups is 1. The van der Waals surface area contributed by atoms with Crippen LogP contribution >= 0.6 is 0 Å². The first-order valence-corrected chi connectivity index (χ1v) is 8.32.